The summed E-state index contributed by atoms with van der Waals surface area (Å²) in [7, 11) is 0. The van der Waals surface area contributed by atoms with Crippen LogP contribution in [-0.4, -0.2) is 5.91 Å². The average molecular weight is 331 g/mol. The van der Waals surface area contributed by atoms with E-state index in [2.05, 4.69) is 27.3 Å². The summed E-state index contributed by atoms with van der Waals surface area (Å²) in [6, 6.07) is 12.1. The molecule has 0 heterocycles. The molecule has 0 aliphatic carbocycles. The molecule has 0 saturated carbocycles. The minimum absolute atomic E-state index is 0.272. The highest BCUT2D eigenvalue weighted by molar-refractivity contribution is 9.10. The Kier molecular flexibility index (Phi) is 3.91. The molecule has 0 bridgehead atoms. The number of amides is 1. The number of carbonyl (C=O) groups is 1. The Hall–Kier alpha value is -2.52. The molecule has 2 aromatic rings. The lowest BCUT2D eigenvalue weighted by Crippen LogP contribution is -2.14. The van der Waals surface area contributed by atoms with Crippen LogP contribution in [0.4, 0.5) is 17.1 Å². The topological polar surface area (TPSA) is 105 Å². The molecule has 0 aliphatic rings. The summed E-state index contributed by atoms with van der Waals surface area (Å²) in [5.41, 5.74) is 13.2. The lowest BCUT2D eigenvalue weighted by atomic mass is 10.1. The van der Waals surface area contributed by atoms with Gasteiger partial charge in [-0.05, 0) is 30.3 Å². The van der Waals surface area contributed by atoms with Crippen LogP contribution in [0, 0.1) is 11.3 Å². The number of carbonyl (C=O) groups excluding carboxylic acids is 1. The first-order chi connectivity index (χ1) is 9.52. The number of para-hydroxylation sites is 1. The number of nitrogens with one attached hydrogen (secondary N) is 1. The molecule has 100 valence electrons. The van der Waals surface area contributed by atoms with Crippen molar-refractivity contribution in [3.05, 3.63) is 52.0 Å². The number of primary amides is 1. The Morgan fingerprint density at radius 3 is 2.70 bits per heavy atom. The van der Waals surface area contributed by atoms with Crippen molar-refractivity contribution in [3.63, 3.8) is 0 Å². The zero-order chi connectivity index (χ0) is 14.7. The van der Waals surface area contributed by atoms with Gasteiger partial charge in [-0.3, -0.25) is 4.79 Å². The van der Waals surface area contributed by atoms with E-state index in [1.807, 2.05) is 0 Å². The van der Waals surface area contributed by atoms with Crippen molar-refractivity contribution in [2.75, 3.05) is 11.1 Å². The van der Waals surface area contributed by atoms with Crippen molar-refractivity contribution in [2.24, 2.45) is 5.73 Å². The molecule has 5 N–H and O–H groups in total. The quantitative estimate of drug-likeness (QED) is 0.752. The largest absolute Gasteiger partial charge is 0.397 e. The maximum Gasteiger partial charge on any atom is 0.250 e. The van der Waals surface area contributed by atoms with E-state index in [1.54, 1.807) is 36.4 Å². The van der Waals surface area contributed by atoms with Gasteiger partial charge in [0.1, 0.15) is 6.07 Å². The van der Waals surface area contributed by atoms with Crippen LogP contribution >= 0.6 is 15.9 Å². The summed E-state index contributed by atoms with van der Waals surface area (Å²) < 4.78 is 0.800. The van der Waals surface area contributed by atoms with E-state index < -0.39 is 5.91 Å². The molecule has 0 aromatic heterocycles. The van der Waals surface area contributed by atoms with E-state index in [1.165, 1.54) is 0 Å². The first kappa shape index (κ1) is 13.9. The molecule has 2 aromatic carbocycles. The monoisotopic (exact) mass is 330 g/mol. The summed E-state index contributed by atoms with van der Waals surface area (Å²) in [5, 5.41) is 12.1. The van der Waals surface area contributed by atoms with Gasteiger partial charge in [-0.15, -0.1) is 0 Å². The first-order valence-corrected chi connectivity index (χ1v) is 6.47. The van der Waals surface area contributed by atoms with E-state index >= 15 is 0 Å². The summed E-state index contributed by atoms with van der Waals surface area (Å²) >= 11 is 3.33. The molecule has 20 heavy (non-hydrogen) atoms. The van der Waals surface area contributed by atoms with Crippen molar-refractivity contribution >= 4 is 38.9 Å². The first-order valence-electron chi connectivity index (χ1n) is 5.68. The third kappa shape index (κ3) is 2.73. The van der Waals surface area contributed by atoms with Crippen LogP contribution in [0.5, 0.6) is 0 Å². The Morgan fingerprint density at radius 1 is 1.30 bits per heavy atom. The molecule has 6 heteroatoms. The van der Waals surface area contributed by atoms with Gasteiger partial charge in [-0.25, -0.2) is 0 Å². The second-order valence-corrected chi connectivity index (χ2v) is 4.98. The summed E-state index contributed by atoms with van der Waals surface area (Å²) in [6.45, 7) is 0. The molecule has 2 rings (SSSR count). The zero-order valence-electron chi connectivity index (χ0n) is 10.4. The summed E-state index contributed by atoms with van der Waals surface area (Å²) in [4.78, 5) is 11.4. The Morgan fingerprint density at radius 2 is 2.05 bits per heavy atom. The van der Waals surface area contributed by atoms with E-state index in [0.29, 0.717) is 22.6 Å². The molecule has 0 saturated heterocycles. The van der Waals surface area contributed by atoms with Gasteiger partial charge < -0.3 is 16.8 Å². The van der Waals surface area contributed by atoms with Crippen molar-refractivity contribution in [1.82, 2.24) is 0 Å². The molecular formula is C14H11BrN4O. The van der Waals surface area contributed by atoms with Gasteiger partial charge in [0.25, 0.3) is 5.91 Å². The van der Waals surface area contributed by atoms with Crippen LogP contribution in [-0.2, 0) is 0 Å². The SMILES string of the molecule is N#Cc1ccc(Br)cc1Nc1c(N)cccc1C(N)=O. The van der Waals surface area contributed by atoms with Gasteiger partial charge in [-0.2, -0.15) is 5.26 Å². The van der Waals surface area contributed by atoms with Gasteiger partial charge in [0, 0.05) is 4.47 Å². The van der Waals surface area contributed by atoms with Crippen LogP contribution in [0.15, 0.2) is 40.9 Å². The highest BCUT2D eigenvalue weighted by Gasteiger charge is 2.13. The van der Waals surface area contributed by atoms with Crippen LogP contribution in [0.25, 0.3) is 0 Å². The molecular weight excluding hydrogens is 320 g/mol. The van der Waals surface area contributed by atoms with Gasteiger partial charge in [0.15, 0.2) is 0 Å². The number of benzene rings is 2. The van der Waals surface area contributed by atoms with Crippen molar-refractivity contribution in [3.8, 4) is 6.07 Å². The summed E-state index contributed by atoms with van der Waals surface area (Å²) in [5.74, 6) is -0.590. The Labute approximate surface area is 124 Å². The van der Waals surface area contributed by atoms with Gasteiger partial charge in [-0.1, -0.05) is 22.0 Å². The smallest absolute Gasteiger partial charge is 0.250 e. The summed E-state index contributed by atoms with van der Waals surface area (Å²) in [6.07, 6.45) is 0. The number of hydrogen-bond acceptors (Lipinski definition) is 4. The Balaban J connectivity index is 2.53. The number of halogens is 1. The van der Waals surface area contributed by atoms with Crippen molar-refractivity contribution < 1.29 is 4.79 Å². The fourth-order valence-corrected chi connectivity index (χ4v) is 2.13. The number of hydrogen-bond donors (Lipinski definition) is 3. The number of nitrogens with two attached hydrogens (primary N) is 2. The second-order valence-electron chi connectivity index (χ2n) is 4.06. The number of nitriles is 1. The fraction of sp³-hybridized carbons (Fsp3) is 0. The van der Waals surface area contributed by atoms with Crippen LogP contribution in [0.2, 0.25) is 0 Å². The van der Waals surface area contributed by atoms with Crippen molar-refractivity contribution in [1.29, 1.82) is 5.26 Å². The normalized spacial score (nSPS) is 9.80. The lowest BCUT2D eigenvalue weighted by Gasteiger charge is -2.14. The molecule has 0 spiro atoms. The Bertz CT molecular complexity index is 722. The number of rotatable bonds is 3. The van der Waals surface area contributed by atoms with E-state index in [4.69, 9.17) is 16.7 Å². The number of nitrogen functional groups attached to an aromatic ring is 1. The van der Waals surface area contributed by atoms with Crippen molar-refractivity contribution in [2.45, 2.75) is 0 Å². The molecule has 0 unspecified atom stereocenters. The van der Waals surface area contributed by atoms with E-state index in [0.717, 1.165) is 4.47 Å². The predicted octanol–water partition coefficient (Wildman–Crippen LogP) is 2.75. The van der Waals surface area contributed by atoms with Crippen LogP contribution in [0.1, 0.15) is 15.9 Å². The third-order valence-corrected chi connectivity index (χ3v) is 3.22. The highest BCUT2D eigenvalue weighted by Crippen LogP contribution is 2.30. The lowest BCUT2D eigenvalue weighted by molar-refractivity contribution is 0.100. The van der Waals surface area contributed by atoms with Crippen LogP contribution < -0.4 is 16.8 Å². The van der Waals surface area contributed by atoms with Crippen LogP contribution in [0.3, 0.4) is 0 Å². The van der Waals surface area contributed by atoms with Gasteiger partial charge >= 0.3 is 0 Å². The zero-order valence-corrected chi connectivity index (χ0v) is 11.9. The number of anilines is 3. The molecule has 0 radical (unpaired) electrons. The average Bonchev–Trinajstić information content (AvgIpc) is 2.41. The fourth-order valence-electron chi connectivity index (χ4n) is 1.77. The minimum atomic E-state index is -0.590. The maximum atomic E-state index is 11.4. The molecule has 0 fully saturated rings. The second kappa shape index (κ2) is 5.63. The maximum absolute atomic E-state index is 11.4. The van der Waals surface area contributed by atoms with Gasteiger partial charge in [0.2, 0.25) is 0 Å². The predicted molar refractivity (Wildman–Crippen MR) is 81.5 cm³/mol. The van der Waals surface area contributed by atoms with E-state index in [9.17, 15) is 4.79 Å². The highest BCUT2D eigenvalue weighted by atomic mass is 79.9. The third-order valence-electron chi connectivity index (χ3n) is 2.72. The minimum Gasteiger partial charge on any atom is -0.397 e. The molecule has 1 amide bonds. The van der Waals surface area contributed by atoms with E-state index in [-0.39, 0.29) is 5.56 Å². The molecule has 5 nitrogen and oxygen atoms in total. The molecule has 0 atom stereocenters. The van der Waals surface area contributed by atoms with Gasteiger partial charge in [0.05, 0.1) is 28.2 Å². The number of nitrogens with zero attached hydrogens (tertiary/aromatic N) is 1. The molecule has 0 aliphatic heterocycles. The standard InChI is InChI=1S/C14H11BrN4O/c15-9-5-4-8(7-16)12(6-9)19-13-10(14(18)20)2-1-3-11(13)17/h1-6,19H,17H2,(H2,18,20).